The third-order valence-corrected chi connectivity index (χ3v) is 7.01. The molecule has 0 unspecified atom stereocenters. The second-order valence-electron chi connectivity index (χ2n) is 9.43. The van der Waals surface area contributed by atoms with Crippen LogP contribution < -0.4 is 5.32 Å². The quantitative estimate of drug-likeness (QED) is 0.319. The highest BCUT2D eigenvalue weighted by Crippen LogP contribution is 2.26. The Morgan fingerprint density at radius 3 is 2.26 bits per heavy atom. The zero-order valence-corrected chi connectivity index (χ0v) is 20.8. The Kier molecular flexibility index (Phi) is 7.12. The highest BCUT2D eigenvalue weighted by molar-refractivity contribution is 6.30. The lowest BCUT2D eigenvalue weighted by Gasteiger charge is -2.19. The zero-order valence-electron chi connectivity index (χ0n) is 20.1. The molecule has 0 bridgehead atoms. The van der Waals surface area contributed by atoms with Gasteiger partial charge in [-0.2, -0.15) is 0 Å². The first kappa shape index (κ1) is 23.5. The van der Waals surface area contributed by atoms with Crippen LogP contribution in [0.2, 0.25) is 5.02 Å². The van der Waals surface area contributed by atoms with Gasteiger partial charge in [-0.15, -0.1) is 0 Å². The summed E-state index contributed by atoms with van der Waals surface area (Å²) in [5.41, 5.74) is 6.67. The summed E-state index contributed by atoms with van der Waals surface area (Å²) in [6.07, 6.45) is 7.23. The van der Waals surface area contributed by atoms with E-state index in [1.54, 1.807) is 0 Å². The van der Waals surface area contributed by atoms with Crippen molar-refractivity contribution in [3.63, 3.8) is 0 Å². The maximum absolute atomic E-state index is 12.9. The number of likely N-dealkylation sites (tertiary alicyclic amines) is 1. The summed E-state index contributed by atoms with van der Waals surface area (Å²) in [6, 6.07) is 21.6. The number of anilines is 1. The second-order valence-corrected chi connectivity index (χ2v) is 9.87. The molecule has 4 aromatic rings. The summed E-state index contributed by atoms with van der Waals surface area (Å²) >= 11 is 5.99. The van der Waals surface area contributed by atoms with E-state index in [2.05, 4.69) is 22.3 Å². The Morgan fingerprint density at radius 2 is 1.57 bits per heavy atom. The predicted molar refractivity (Wildman–Crippen MR) is 145 cm³/mol. The molecular weight excluding hydrogens is 454 g/mol. The number of halogens is 1. The monoisotopic (exact) mass is 483 g/mol. The van der Waals surface area contributed by atoms with E-state index >= 15 is 0 Å². The van der Waals surface area contributed by atoms with E-state index in [0.29, 0.717) is 10.6 Å². The zero-order chi connectivity index (χ0) is 24.2. The molecule has 5 heteroatoms. The summed E-state index contributed by atoms with van der Waals surface area (Å²) in [6.45, 7) is 5.32. The lowest BCUT2D eigenvalue weighted by molar-refractivity contribution is 0.102. The van der Waals surface area contributed by atoms with Crippen molar-refractivity contribution in [3.8, 4) is 11.1 Å². The van der Waals surface area contributed by atoms with Crippen molar-refractivity contribution in [2.24, 2.45) is 0 Å². The first-order chi connectivity index (χ1) is 17.0. The van der Waals surface area contributed by atoms with Crippen LogP contribution in [0, 0.1) is 6.92 Å². The number of rotatable bonds is 5. The van der Waals surface area contributed by atoms with E-state index in [4.69, 9.17) is 16.6 Å². The summed E-state index contributed by atoms with van der Waals surface area (Å²) in [5, 5.41) is 4.89. The summed E-state index contributed by atoms with van der Waals surface area (Å²) in [5.74, 6) is -0.132. The largest absolute Gasteiger partial charge is 0.322 e. The fourth-order valence-corrected chi connectivity index (χ4v) is 4.89. The minimum atomic E-state index is -0.132. The Bertz CT molecular complexity index is 1320. The Labute approximate surface area is 212 Å². The minimum Gasteiger partial charge on any atom is -0.322 e. The van der Waals surface area contributed by atoms with Gasteiger partial charge in [0.15, 0.2) is 0 Å². The van der Waals surface area contributed by atoms with Crippen molar-refractivity contribution >= 4 is 34.1 Å². The number of benzene rings is 3. The second kappa shape index (κ2) is 10.6. The van der Waals surface area contributed by atoms with Crippen LogP contribution in [0.4, 0.5) is 5.69 Å². The van der Waals surface area contributed by atoms with Crippen LogP contribution in [0.25, 0.3) is 22.0 Å². The molecule has 1 aliphatic heterocycles. The minimum absolute atomic E-state index is 0.132. The van der Waals surface area contributed by atoms with E-state index < -0.39 is 0 Å². The van der Waals surface area contributed by atoms with Gasteiger partial charge in [-0.3, -0.25) is 14.7 Å². The number of aromatic nitrogens is 1. The molecule has 0 aliphatic carbocycles. The average molecular weight is 484 g/mol. The van der Waals surface area contributed by atoms with Crippen LogP contribution >= 0.6 is 11.6 Å². The standard InChI is InChI=1S/C30H30ClN3O/c1-21-16-26-17-22(20-34-14-4-2-3-5-15-34)19-32-29(26)18-28(21)33-30(35)25-8-6-23(7-9-25)24-10-12-27(31)13-11-24/h6-13,16-19H,2-5,14-15,20H2,1H3,(H,33,35). The highest BCUT2D eigenvalue weighted by Gasteiger charge is 2.12. The average Bonchev–Trinajstić information content (AvgIpc) is 3.14. The third-order valence-electron chi connectivity index (χ3n) is 6.76. The molecule has 3 aromatic carbocycles. The summed E-state index contributed by atoms with van der Waals surface area (Å²) in [4.78, 5) is 20.2. The SMILES string of the molecule is Cc1cc2cc(CN3CCCCCC3)cnc2cc1NC(=O)c1ccc(-c2ccc(Cl)cc2)cc1. The van der Waals surface area contributed by atoms with Gasteiger partial charge in [0.05, 0.1) is 5.52 Å². The van der Waals surface area contributed by atoms with Crippen molar-refractivity contribution in [1.29, 1.82) is 0 Å². The first-order valence-corrected chi connectivity index (χ1v) is 12.7. The van der Waals surface area contributed by atoms with Gasteiger partial charge >= 0.3 is 0 Å². The molecule has 5 rings (SSSR count). The Balaban J connectivity index is 1.29. The highest BCUT2D eigenvalue weighted by atomic mass is 35.5. The number of aryl methyl sites for hydroxylation is 1. The van der Waals surface area contributed by atoms with Crippen LogP contribution in [0.15, 0.2) is 72.9 Å². The van der Waals surface area contributed by atoms with Crippen molar-refractivity contribution in [3.05, 3.63) is 94.6 Å². The van der Waals surface area contributed by atoms with E-state index in [-0.39, 0.29) is 5.91 Å². The van der Waals surface area contributed by atoms with Crippen molar-refractivity contribution in [2.75, 3.05) is 18.4 Å². The molecular formula is C30H30ClN3O. The number of carbonyl (C=O) groups is 1. The summed E-state index contributed by atoms with van der Waals surface area (Å²) < 4.78 is 0. The predicted octanol–water partition coefficient (Wildman–Crippen LogP) is 7.49. The third kappa shape index (κ3) is 5.72. The number of pyridine rings is 1. The van der Waals surface area contributed by atoms with Gasteiger partial charge in [0, 0.05) is 34.4 Å². The number of fused-ring (bicyclic) bond motifs is 1. The number of amides is 1. The number of nitrogens with one attached hydrogen (secondary N) is 1. The van der Waals surface area contributed by atoms with Crippen molar-refractivity contribution in [1.82, 2.24) is 9.88 Å². The molecule has 0 atom stereocenters. The molecule has 1 aliphatic rings. The fourth-order valence-electron chi connectivity index (χ4n) is 4.76. The topological polar surface area (TPSA) is 45.2 Å². The molecule has 4 nitrogen and oxygen atoms in total. The normalized spacial score (nSPS) is 14.6. The lowest BCUT2D eigenvalue weighted by Crippen LogP contribution is -2.24. The number of carbonyl (C=O) groups excluding carboxylic acids is 1. The molecule has 0 saturated carbocycles. The summed E-state index contributed by atoms with van der Waals surface area (Å²) in [7, 11) is 0. The van der Waals surface area contributed by atoms with Gasteiger partial charge in [0.1, 0.15) is 0 Å². The van der Waals surface area contributed by atoms with Crippen molar-refractivity contribution in [2.45, 2.75) is 39.2 Å². The lowest BCUT2D eigenvalue weighted by atomic mass is 10.0. The van der Waals surface area contributed by atoms with Gasteiger partial charge in [-0.25, -0.2) is 0 Å². The maximum Gasteiger partial charge on any atom is 0.255 e. The molecule has 35 heavy (non-hydrogen) atoms. The van der Waals surface area contributed by atoms with E-state index in [0.717, 1.165) is 39.8 Å². The van der Waals surface area contributed by atoms with Crippen LogP contribution in [-0.2, 0) is 6.54 Å². The molecule has 0 spiro atoms. The maximum atomic E-state index is 12.9. The number of hydrogen-bond donors (Lipinski definition) is 1. The first-order valence-electron chi connectivity index (χ1n) is 12.3. The van der Waals surface area contributed by atoms with Gasteiger partial charge in [-0.05, 0) is 97.6 Å². The van der Waals surface area contributed by atoms with Crippen LogP contribution in [0.1, 0.15) is 47.2 Å². The van der Waals surface area contributed by atoms with Crippen molar-refractivity contribution < 1.29 is 4.79 Å². The van der Waals surface area contributed by atoms with E-state index in [1.807, 2.05) is 67.7 Å². The molecule has 178 valence electrons. The van der Waals surface area contributed by atoms with Crippen LogP contribution in [0.3, 0.4) is 0 Å². The molecule has 1 aromatic heterocycles. The molecule has 2 heterocycles. The van der Waals surface area contributed by atoms with E-state index in [1.165, 1.54) is 44.3 Å². The van der Waals surface area contributed by atoms with Gasteiger partial charge in [0.2, 0.25) is 0 Å². The number of hydrogen-bond acceptors (Lipinski definition) is 3. The number of nitrogens with zero attached hydrogens (tertiary/aromatic N) is 2. The molecule has 1 amide bonds. The van der Waals surface area contributed by atoms with E-state index in [9.17, 15) is 4.79 Å². The Morgan fingerprint density at radius 1 is 0.914 bits per heavy atom. The molecule has 1 N–H and O–H groups in total. The van der Waals surface area contributed by atoms with Crippen LogP contribution in [-0.4, -0.2) is 28.9 Å². The van der Waals surface area contributed by atoms with Gasteiger partial charge in [-0.1, -0.05) is 48.7 Å². The fraction of sp³-hybridized carbons (Fsp3) is 0.267. The molecule has 0 radical (unpaired) electrons. The van der Waals surface area contributed by atoms with Gasteiger partial charge < -0.3 is 5.32 Å². The molecule has 1 saturated heterocycles. The smallest absolute Gasteiger partial charge is 0.255 e. The molecule has 1 fully saturated rings. The van der Waals surface area contributed by atoms with Gasteiger partial charge in [0.25, 0.3) is 5.91 Å². The Hall–Kier alpha value is -3.21. The van der Waals surface area contributed by atoms with Crippen LogP contribution in [0.5, 0.6) is 0 Å².